The largest absolute Gasteiger partial charge is 0.345 e. The van der Waals surface area contributed by atoms with Gasteiger partial charge in [0, 0.05) is 24.0 Å². The van der Waals surface area contributed by atoms with Crippen LogP contribution in [0.3, 0.4) is 0 Å². The minimum Gasteiger partial charge on any atom is -0.345 e. The quantitative estimate of drug-likeness (QED) is 0.710. The number of anilines is 2. The Morgan fingerprint density at radius 2 is 1.79 bits per heavy atom. The van der Waals surface area contributed by atoms with Gasteiger partial charge in [0.2, 0.25) is 0 Å². The molecule has 2 rings (SSSR count). The van der Waals surface area contributed by atoms with Crippen LogP contribution in [0.15, 0.2) is 59.6 Å². The van der Waals surface area contributed by atoms with E-state index in [9.17, 15) is 0 Å². The molecule has 2 aromatic carbocycles. The molecule has 0 fully saturated rings. The van der Waals surface area contributed by atoms with Crippen molar-refractivity contribution in [1.29, 1.82) is 0 Å². The highest BCUT2D eigenvalue weighted by Crippen LogP contribution is 2.29. The SMILES string of the molecule is C=Nc1ccc(N(C)c2ccccc2)cc1/C=C\C. The predicted octanol–water partition coefficient (Wildman–Crippen LogP) is 4.82. The molecule has 19 heavy (non-hydrogen) atoms. The Bertz CT molecular complexity index is 585. The minimum atomic E-state index is 0.906. The van der Waals surface area contributed by atoms with Crippen LogP contribution >= 0.6 is 0 Å². The van der Waals surface area contributed by atoms with E-state index in [0.29, 0.717) is 0 Å². The summed E-state index contributed by atoms with van der Waals surface area (Å²) in [4.78, 5) is 6.20. The number of para-hydroxylation sites is 1. The van der Waals surface area contributed by atoms with Crippen molar-refractivity contribution < 1.29 is 0 Å². The Morgan fingerprint density at radius 1 is 1.05 bits per heavy atom. The molecule has 2 aromatic rings. The van der Waals surface area contributed by atoms with Gasteiger partial charge in [-0.05, 0) is 44.0 Å². The molecule has 2 heteroatoms. The number of benzene rings is 2. The maximum absolute atomic E-state index is 4.04. The molecule has 0 radical (unpaired) electrons. The van der Waals surface area contributed by atoms with E-state index in [1.54, 1.807) is 0 Å². The molecule has 0 heterocycles. The van der Waals surface area contributed by atoms with E-state index in [1.165, 1.54) is 0 Å². The average molecular weight is 250 g/mol. The Kier molecular flexibility index (Phi) is 4.14. The fourth-order valence-corrected chi connectivity index (χ4v) is 2.01. The first-order valence-electron chi connectivity index (χ1n) is 6.28. The van der Waals surface area contributed by atoms with Crippen LogP contribution in [-0.2, 0) is 0 Å². The standard InChI is InChI=1S/C17H18N2/c1-4-8-14-13-16(11-12-17(14)18-2)19(3)15-9-6-5-7-10-15/h4-13H,2H2,1,3H3/b8-4-. The molecule has 0 N–H and O–H groups in total. The fraction of sp³-hybridized carbons (Fsp3) is 0.118. The molecular weight excluding hydrogens is 232 g/mol. The van der Waals surface area contributed by atoms with E-state index in [1.807, 2.05) is 43.3 Å². The van der Waals surface area contributed by atoms with Crippen LogP contribution in [0.25, 0.3) is 6.08 Å². The molecule has 0 amide bonds. The summed E-state index contributed by atoms with van der Waals surface area (Å²) in [6, 6.07) is 16.5. The third-order valence-electron chi connectivity index (χ3n) is 3.06. The van der Waals surface area contributed by atoms with Gasteiger partial charge in [-0.15, -0.1) is 0 Å². The summed E-state index contributed by atoms with van der Waals surface area (Å²) in [5.41, 5.74) is 4.28. The molecule has 0 aliphatic carbocycles. The van der Waals surface area contributed by atoms with Gasteiger partial charge in [0.25, 0.3) is 0 Å². The molecule has 0 saturated heterocycles. The van der Waals surface area contributed by atoms with E-state index < -0.39 is 0 Å². The minimum absolute atomic E-state index is 0.906. The van der Waals surface area contributed by atoms with Gasteiger partial charge in [-0.2, -0.15) is 0 Å². The maximum Gasteiger partial charge on any atom is 0.0696 e. The van der Waals surface area contributed by atoms with Crippen LogP contribution in [-0.4, -0.2) is 13.8 Å². The van der Waals surface area contributed by atoms with Crippen LogP contribution in [0.5, 0.6) is 0 Å². The van der Waals surface area contributed by atoms with Gasteiger partial charge in [0.15, 0.2) is 0 Å². The lowest BCUT2D eigenvalue weighted by Crippen LogP contribution is -2.09. The van der Waals surface area contributed by atoms with Crippen molar-refractivity contribution in [3.8, 4) is 0 Å². The van der Waals surface area contributed by atoms with Gasteiger partial charge < -0.3 is 4.90 Å². The Balaban J connectivity index is 2.40. The van der Waals surface area contributed by atoms with Crippen molar-refractivity contribution in [3.63, 3.8) is 0 Å². The molecule has 0 spiro atoms. The normalized spacial score (nSPS) is 10.6. The molecule has 96 valence electrons. The molecule has 0 saturated carbocycles. The predicted molar refractivity (Wildman–Crippen MR) is 84.9 cm³/mol. The maximum atomic E-state index is 4.04. The number of hydrogen-bond acceptors (Lipinski definition) is 2. The second-order valence-corrected chi connectivity index (χ2v) is 4.30. The van der Waals surface area contributed by atoms with Gasteiger partial charge in [-0.3, -0.25) is 4.99 Å². The number of rotatable bonds is 4. The van der Waals surface area contributed by atoms with Gasteiger partial charge in [0.05, 0.1) is 5.69 Å². The van der Waals surface area contributed by atoms with Crippen molar-refractivity contribution >= 4 is 29.9 Å². The highest BCUT2D eigenvalue weighted by molar-refractivity contribution is 5.73. The summed E-state index contributed by atoms with van der Waals surface area (Å²) in [6.07, 6.45) is 4.06. The molecule has 0 aliphatic heterocycles. The zero-order valence-corrected chi connectivity index (χ0v) is 11.4. The van der Waals surface area contributed by atoms with Crippen molar-refractivity contribution in [2.45, 2.75) is 6.92 Å². The van der Waals surface area contributed by atoms with Gasteiger partial charge in [-0.1, -0.05) is 30.4 Å². The van der Waals surface area contributed by atoms with Crippen molar-refractivity contribution in [2.75, 3.05) is 11.9 Å². The van der Waals surface area contributed by atoms with Crippen LogP contribution in [0.2, 0.25) is 0 Å². The lowest BCUT2D eigenvalue weighted by Gasteiger charge is -2.20. The van der Waals surface area contributed by atoms with E-state index >= 15 is 0 Å². The molecular formula is C17H18N2. The Morgan fingerprint density at radius 3 is 2.42 bits per heavy atom. The zero-order valence-electron chi connectivity index (χ0n) is 11.4. The van der Waals surface area contributed by atoms with Crippen LogP contribution in [0, 0.1) is 0 Å². The summed E-state index contributed by atoms with van der Waals surface area (Å²) in [5, 5.41) is 0. The Labute approximate surface area is 114 Å². The summed E-state index contributed by atoms with van der Waals surface area (Å²) in [6.45, 7) is 5.61. The average Bonchev–Trinajstić information content (AvgIpc) is 2.47. The zero-order chi connectivity index (χ0) is 13.7. The lowest BCUT2D eigenvalue weighted by molar-refractivity contribution is 1.21. The molecule has 0 aromatic heterocycles. The first-order valence-corrected chi connectivity index (χ1v) is 6.28. The Hall–Kier alpha value is -2.35. The van der Waals surface area contributed by atoms with E-state index in [2.05, 4.69) is 47.9 Å². The van der Waals surface area contributed by atoms with E-state index in [4.69, 9.17) is 0 Å². The molecule has 0 bridgehead atoms. The van der Waals surface area contributed by atoms with Crippen LogP contribution < -0.4 is 4.90 Å². The molecule has 2 nitrogen and oxygen atoms in total. The second kappa shape index (κ2) is 6.01. The molecule has 0 aliphatic rings. The van der Waals surface area contributed by atoms with Crippen molar-refractivity contribution in [2.24, 2.45) is 4.99 Å². The van der Waals surface area contributed by atoms with Crippen molar-refractivity contribution in [1.82, 2.24) is 0 Å². The monoisotopic (exact) mass is 250 g/mol. The fourth-order valence-electron chi connectivity index (χ4n) is 2.01. The van der Waals surface area contributed by atoms with E-state index in [0.717, 1.165) is 22.6 Å². The number of allylic oxidation sites excluding steroid dienone is 1. The van der Waals surface area contributed by atoms with Crippen LogP contribution in [0.1, 0.15) is 12.5 Å². The van der Waals surface area contributed by atoms with Gasteiger partial charge in [-0.25, -0.2) is 0 Å². The molecule has 0 unspecified atom stereocenters. The number of nitrogens with zero attached hydrogens (tertiary/aromatic N) is 2. The highest BCUT2D eigenvalue weighted by Gasteiger charge is 2.05. The topological polar surface area (TPSA) is 15.6 Å². The summed E-state index contributed by atoms with van der Waals surface area (Å²) >= 11 is 0. The highest BCUT2D eigenvalue weighted by atomic mass is 15.1. The third kappa shape index (κ3) is 2.91. The summed E-state index contributed by atoms with van der Waals surface area (Å²) < 4.78 is 0. The summed E-state index contributed by atoms with van der Waals surface area (Å²) in [7, 11) is 2.06. The first kappa shape index (κ1) is 13.1. The molecule has 0 atom stereocenters. The number of aliphatic imine (C=N–C) groups is 1. The second-order valence-electron chi connectivity index (χ2n) is 4.30. The van der Waals surface area contributed by atoms with E-state index in [-0.39, 0.29) is 0 Å². The third-order valence-corrected chi connectivity index (χ3v) is 3.06. The van der Waals surface area contributed by atoms with Crippen LogP contribution in [0.4, 0.5) is 17.1 Å². The smallest absolute Gasteiger partial charge is 0.0696 e. The van der Waals surface area contributed by atoms with Crippen molar-refractivity contribution in [3.05, 3.63) is 60.2 Å². The summed E-state index contributed by atoms with van der Waals surface area (Å²) in [5.74, 6) is 0. The first-order chi connectivity index (χ1) is 9.26. The number of hydrogen-bond donors (Lipinski definition) is 0. The van der Waals surface area contributed by atoms with Gasteiger partial charge >= 0.3 is 0 Å². The lowest BCUT2D eigenvalue weighted by atomic mass is 10.1. The van der Waals surface area contributed by atoms with Gasteiger partial charge in [0.1, 0.15) is 0 Å².